The van der Waals surface area contributed by atoms with E-state index in [-0.39, 0.29) is 11.5 Å². The van der Waals surface area contributed by atoms with E-state index in [9.17, 15) is 13.6 Å². The van der Waals surface area contributed by atoms with Gasteiger partial charge in [-0.05, 0) is 24.3 Å². The van der Waals surface area contributed by atoms with Gasteiger partial charge >= 0.3 is 0 Å². The van der Waals surface area contributed by atoms with Crippen molar-refractivity contribution in [3.8, 4) is 11.3 Å². The molecule has 0 radical (unpaired) electrons. The first-order chi connectivity index (χ1) is 13.6. The Kier molecular flexibility index (Phi) is 5.16. The van der Waals surface area contributed by atoms with Crippen LogP contribution < -0.4 is 0 Å². The van der Waals surface area contributed by atoms with Crippen molar-refractivity contribution in [2.24, 2.45) is 0 Å². The van der Waals surface area contributed by atoms with Gasteiger partial charge in [-0.1, -0.05) is 24.3 Å². The number of benzene rings is 2. The lowest BCUT2D eigenvalue weighted by molar-refractivity contribution is 0.0628. The van der Waals surface area contributed by atoms with Crippen molar-refractivity contribution in [2.45, 2.75) is 6.54 Å². The maximum absolute atomic E-state index is 14.1. The van der Waals surface area contributed by atoms with Gasteiger partial charge in [0.1, 0.15) is 11.6 Å². The van der Waals surface area contributed by atoms with Crippen LogP contribution in [-0.4, -0.2) is 52.1 Å². The Morgan fingerprint density at radius 1 is 0.964 bits per heavy atom. The molecule has 0 saturated carbocycles. The standard InChI is InChI=1S/C21H20F2N4O/c22-17-7-4-8-18(23)19(17)20-16(13-24-25-20)14-26-9-11-27(12-10-26)21(28)15-5-2-1-3-6-15/h1-8,13H,9-12,14H2,(H,24,25). The van der Waals surface area contributed by atoms with Crippen LogP contribution >= 0.6 is 0 Å². The second-order valence-electron chi connectivity index (χ2n) is 6.80. The summed E-state index contributed by atoms with van der Waals surface area (Å²) in [6, 6.07) is 13.0. The van der Waals surface area contributed by atoms with Crippen LogP contribution in [0.25, 0.3) is 11.3 Å². The zero-order valence-corrected chi connectivity index (χ0v) is 15.2. The Bertz CT molecular complexity index is 945. The van der Waals surface area contributed by atoms with Gasteiger partial charge < -0.3 is 4.90 Å². The number of hydrogen-bond acceptors (Lipinski definition) is 3. The lowest BCUT2D eigenvalue weighted by atomic mass is 10.1. The van der Waals surface area contributed by atoms with Crippen LogP contribution in [0.1, 0.15) is 15.9 Å². The molecule has 1 aliphatic rings. The number of rotatable bonds is 4. The first-order valence-electron chi connectivity index (χ1n) is 9.17. The van der Waals surface area contributed by atoms with E-state index in [0.29, 0.717) is 44.0 Å². The highest BCUT2D eigenvalue weighted by atomic mass is 19.1. The molecule has 1 N–H and O–H groups in total. The normalized spacial score (nSPS) is 15.0. The number of H-pyrrole nitrogens is 1. The highest BCUT2D eigenvalue weighted by Gasteiger charge is 2.24. The topological polar surface area (TPSA) is 52.2 Å². The van der Waals surface area contributed by atoms with E-state index in [1.54, 1.807) is 6.20 Å². The first kappa shape index (κ1) is 18.3. The summed E-state index contributed by atoms with van der Waals surface area (Å²) in [6.07, 6.45) is 1.60. The van der Waals surface area contributed by atoms with Gasteiger partial charge in [0.25, 0.3) is 5.91 Å². The molecule has 2 heterocycles. The molecule has 1 amide bonds. The van der Waals surface area contributed by atoms with Crippen LogP contribution in [0.4, 0.5) is 8.78 Å². The minimum atomic E-state index is -0.622. The van der Waals surface area contributed by atoms with Gasteiger partial charge in [-0.2, -0.15) is 5.10 Å². The number of halogens is 2. The molecule has 4 rings (SSSR count). The van der Waals surface area contributed by atoms with E-state index in [1.807, 2.05) is 35.2 Å². The van der Waals surface area contributed by atoms with Crippen molar-refractivity contribution >= 4 is 5.91 Å². The highest BCUT2D eigenvalue weighted by molar-refractivity contribution is 5.94. The van der Waals surface area contributed by atoms with E-state index in [1.165, 1.54) is 18.2 Å². The molecule has 1 fully saturated rings. The summed E-state index contributed by atoms with van der Waals surface area (Å²) in [5.41, 5.74) is 1.68. The molecule has 0 unspecified atom stereocenters. The molecule has 0 spiro atoms. The fourth-order valence-electron chi connectivity index (χ4n) is 3.50. The van der Waals surface area contributed by atoms with Crippen LogP contribution in [0, 0.1) is 11.6 Å². The lowest BCUT2D eigenvalue weighted by Gasteiger charge is -2.34. The van der Waals surface area contributed by atoms with Crippen molar-refractivity contribution in [1.29, 1.82) is 0 Å². The molecule has 3 aromatic rings. The smallest absolute Gasteiger partial charge is 0.253 e. The van der Waals surface area contributed by atoms with E-state index in [2.05, 4.69) is 15.1 Å². The Morgan fingerprint density at radius 3 is 2.32 bits per heavy atom. The van der Waals surface area contributed by atoms with Crippen LogP contribution in [0.2, 0.25) is 0 Å². The van der Waals surface area contributed by atoms with Crippen LogP contribution in [0.5, 0.6) is 0 Å². The average Bonchev–Trinajstić information content (AvgIpc) is 3.16. The van der Waals surface area contributed by atoms with E-state index in [0.717, 1.165) is 5.56 Å². The summed E-state index contributed by atoms with van der Waals surface area (Å²) >= 11 is 0. The van der Waals surface area contributed by atoms with Gasteiger partial charge in [0.05, 0.1) is 17.5 Å². The molecule has 0 aliphatic carbocycles. The number of amides is 1. The van der Waals surface area contributed by atoms with Crippen molar-refractivity contribution in [3.63, 3.8) is 0 Å². The Hall–Kier alpha value is -3.06. The minimum Gasteiger partial charge on any atom is -0.336 e. The number of nitrogens with zero attached hydrogens (tertiary/aromatic N) is 3. The number of carbonyl (C=O) groups excluding carboxylic acids is 1. The fourth-order valence-corrected chi connectivity index (χ4v) is 3.50. The second-order valence-corrected chi connectivity index (χ2v) is 6.80. The molecule has 1 saturated heterocycles. The molecular formula is C21H20F2N4O. The zero-order chi connectivity index (χ0) is 19.5. The summed E-state index contributed by atoms with van der Waals surface area (Å²) in [6.45, 7) is 3.09. The third-order valence-electron chi connectivity index (χ3n) is 5.00. The van der Waals surface area contributed by atoms with Gasteiger partial charge in [-0.25, -0.2) is 8.78 Å². The number of aromatic nitrogens is 2. The zero-order valence-electron chi connectivity index (χ0n) is 15.2. The number of aromatic amines is 1. The maximum atomic E-state index is 14.1. The van der Waals surface area contributed by atoms with E-state index in [4.69, 9.17) is 0 Å². The Balaban J connectivity index is 1.43. The number of carbonyl (C=O) groups is 1. The SMILES string of the molecule is O=C(c1ccccc1)N1CCN(Cc2cn[nH]c2-c2c(F)cccc2F)CC1. The molecule has 2 aromatic carbocycles. The van der Waals surface area contributed by atoms with Crippen molar-refractivity contribution in [2.75, 3.05) is 26.2 Å². The van der Waals surface area contributed by atoms with Crippen molar-refractivity contribution < 1.29 is 13.6 Å². The predicted molar refractivity (Wildman–Crippen MR) is 102 cm³/mol. The van der Waals surface area contributed by atoms with Gasteiger partial charge in [0.15, 0.2) is 0 Å². The Labute approximate surface area is 161 Å². The minimum absolute atomic E-state index is 0.0256. The third-order valence-corrected chi connectivity index (χ3v) is 5.00. The summed E-state index contributed by atoms with van der Waals surface area (Å²) in [5, 5.41) is 6.70. The summed E-state index contributed by atoms with van der Waals surface area (Å²) in [4.78, 5) is 16.5. The van der Waals surface area contributed by atoms with Crippen LogP contribution in [0.3, 0.4) is 0 Å². The van der Waals surface area contributed by atoms with Gasteiger partial charge in [0.2, 0.25) is 0 Å². The molecule has 0 bridgehead atoms. The number of hydrogen-bond donors (Lipinski definition) is 1. The Morgan fingerprint density at radius 2 is 1.64 bits per heavy atom. The van der Waals surface area contributed by atoms with Crippen LogP contribution in [0.15, 0.2) is 54.7 Å². The largest absolute Gasteiger partial charge is 0.336 e. The first-order valence-corrected chi connectivity index (χ1v) is 9.17. The predicted octanol–water partition coefficient (Wildman–Crippen LogP) is 3.31. The highest BCUT2D eigenvalue weighted by Crippen LogP contribution is 2.28. The molecule has 7 heteroatoms. The quantitative estimate of drug-likeness (QED) is 0.753. The van der Waals surface area contributed by atoms with Crippen molar-refractivity contribution in [3.05, 3.63) is 77.5 Å². The molecule has 5 nitrogen and oxygen atoms in total. The monoisotopic (exact) mass is 382 g/mol. The molecular weight excluding hydrogens is 362 g/mol. The van der Waals surface area contributed by atoms with Crippen molar-refractivity contribution in [1.82, 2.24) is 20.0 Å². The van der Waals surface area contributed by atoms with E-state index >= 15 is 0 Å². The molecule has 144 valence electrons. The van der Waals surface area contributed by atoms with Gasteiger partial charge in [0, 0.05) is 43.9 Å². The summed E-state index contributed by atoms with van der Waals surface area (Å²) < 4.78 is 28.3. The third kappa shape index (κ3) is 3.66. The fraction of sp³-hybridized carbons (Fsp3) is 0.238. The lowest BCUT2D eigenvalue weighted by Crippen LogP contribution is -2.48. The summed E-state index contributed by atoms with van der Waals surface area (Å²) in [7, 11) is 0. The number of nitrogens with one attached hydrogen (secondary N) is 1. The maximum Gasteiger partial charge on any atom is 0.253 e. The van der Waals surface area contributed by atoms with Gasteiger partial charge in [-0.3, -0.25) is 14.8 Å². The average molecular weight is 382 g/mol. The second kappa shape index (κ2) is 7.90. The van der Waals surface area contributed by atoms with Crippen LogP contribution in [-0.2, 0) is 6.54 Å². The number of piperazine rings is 1. The molecule has 28 heavy (non-hydrogen) atoms. The van der Waals surface area contributed by atoms with Gasteiger partial charge in [-0.15, -0.1) is 0 Å². The molecule has 0 atom stereocenters. The molecule has 1 aliphatic heterocycles. The summed E-state index contributed by atoms with van der Waals surface area (Å²) in [5.74, 6) is -1.22. The van der Waals surface area contributed by atoms with E-state index < -0.39 is 11.6 Å². The molecule has 1 aromatic heterocycles.